The Morgan fingerprint density at radius 3 is 0.333 bits per heavy atom. The van der Waals surface area contributed by atoms with Crippen LogP contribution in [0.25, 0.3) is 0 Å². The van der Waals surface area contributed by atoms with E-state index in [9.17, 15) is 161 Å². The predicted octanol–water partition coefficient (Wildman–Crippen LogP) is -39.2. The first-order chi connectivity index (χ1) is 64.7. The maximum absolute atomic E-state index is 12.4. The minimum Gasteiger partial charge on any atom is -0.550 e. The number of aliphatic hydroxyl groups is 16. The number of carboxylic acids is 8. The van der Waals surface area contributed by atoms with Crippen molar-refractivity contribution < 1.29 is 473 Å². The van der Waals surface area contributed by atoms with E-state index in [0.29, 0.717) is 0 Å². The third-order valence-corrected chi connectivity index (χ3v) is 32.2. The molecule has 144 heavy (non-hydrogen) atoms. The molecule has 0 aromatic heterocycles. The Morgan fingerprint density at radius 2 is 0.250 bits per heavy atom. The zero-order valence-electron chi connectivity index (χ0n) is 81.2. The van der Waals surface area contributed by atoms with Crippen molar-refractivity contribution in [3.05, 3.63) is 0 Å². The molecular weight excluding hydrogens is 2170 g/mol. The fourth-order valence-corrected chi connectivity index (χ4v) is 24.1. The van der Waals surface area contributed by atoms with Gasteiger partial charge in [0.05, 0.1) is 48.8 Å². The average molecular weight is 2290 g/mol. The second-order valence-corrected chi connectivity index (χ2v) is 42.6. The van der Waals surface area contributed by atoms with E-state index in [1.807, 2.05) is 0 Å². The number of carbonyl (C=O) groups is 8. The van der Waals surface area contributed by atoms with Crippen LogP contribution in [0.1, 0.15) is 103 Å². The van der Waals surface area contributed by atoms with Gasteiger partial charge in [-0.25, -0.2) is 0 Å². The third kappa shape index (κ3) is 46.2. The SMILES string of the molecule is O=C([O-])CCCSC[C@H]1O[C@@H]2O[C@H]3[C@H](O)[C@@H](O)[C@@H](O[C@H]4[C@H](O)[C@@H](O)[C@@H](O[C@H]5[C@H](O)[C@@H](O)[C@@H](O[C@H]6[C@H](O)[C@@H](O)[C@@H](O[C@H]7[C@H](O)[C@@H](O)[C@@H](O[C@H]8[C@H](O)[C@@H](O)[C@@H](O[C@H]9[C@H](O)[C@@H](O)[C@@H](O[C@H]1[C@H](O)[C@H]2O)O[C@@H]9CSCCCC(=O)[O-])O[C@@H]8CSCCCC(=O)[O-])O[C@@H]7CSCCCC(=O)[O-])O[C@@H]6CSCCCC(=O)[O-])O[C@@H]5CSCCCC(=O)[O-])O[C@@H]4CSCCCC(=O)[O-])O[C@@H]3CSCCCC(=O)[O-].[Na+].[Na+].[Na+].[Na+].[Na+].[Na+].[Na+].[Na+]. The molecule has 16 bridgehead atoms. The summed E-state index contributed by atoms with van der Waals surface area (Å²) in [4.78, 5) is 92.5. The number of thioether (sulfide) groups is 8. The van der Waals surface area contributed by atoms with Crippen LogP contribution in [0.5, 0.6) is 0 Å². The van der Waals surface area contributed by atoms with E-state index in [2.05, 4.69) is 0 Å². The molecule has 0 aliphatic carbocycles. The van der Waals surface area contributed by atoms with Gasteiger partial charge in [-0.15, -0.1) is 0 Å². The first-order valence-electron chi connectivity index (χ1n) is 44.3. The van der Waals surface area contributed by atoms with Gasteiger partial charge >= 0.3 is 236 Å². The molecule has 48 nitrogen and oxygen atoms in total. The summed E-state index contributed by atoms with van der Waals surface area (Å²) in [5.41, 5.74) is 0. The van der Waals surface area contributed by atoms with Gasteiger partial charge in [0, 0.05) is 93.8 Å². The summed E-state index contributed by atoms with van der Waals surface area (Å²) in [5, 5.41) is 290. The van der Waals surface area contributed by atoms with Gasteiger partial charge in [-0.05, 0) is 149 Å². The van der Waals surface area contributed by atoms with E-state index >= 15 is 0 Å². The van der Waals surface area contributed by atoms with Gasteiger partial charge in [-0.1, -0.05) is 0 Å². The molecule has 30 heterocycles. The quantitative estimate of drug-likeness (QED) is 0.0199. The van der Waals surface area contributed by atoms with Crippen molar-refractivity contribution in [2.45, 2.75) is 348 Å². The van der Waals surface area contributed by atoms with E-state index in [1.54, 1.807) is 0 Å². The molecule has 30 fully saturated rings. The van der Waals surface area contributed by atoms with Crippen molar-refractivity contribution in [1.82, 2.24) is 0 Å². The second kappa shape index (κ2) is 76.3. The summed E-state index contributed by atoms with van der Waals surface area (Å²) < 4.78 is 102. The minimum atomic E-state index is -2.31. The van der Waals surface area contributed by atoms with Gasteiger partial charge in [0.1, 0.15) is 146 Å². The van der Waals surface area contributed by atoms with Crippen molar-refractivity contribution in [2.24, 2.45) is 0 Å². The first kappa shape index (κ1) is 147. The van der Waals surface area contributed by atoms with E-state index < -0.39 is 345 Å². The molecule has 0 radical (unpaired) electrons. The Labute approximate surface area is 1040 Å². The molecule has 30 aliphatic heterocycles. The third-order valence-electron chi connectivity index (χ3n) is 23.1. The number of hydrogen-bond acceptors (Lipinski definition) is 56. The van der Waals surface area contributed by atoms with Gasteiger partial charge in [0.25, 0.3) is 0 Å². The van der Waals surface area contributed by atoms with Crippen LogP contribution < -0.4 is 277 Å². The Balaban J connectivity index is 0.0000130. The maximum Gasteiger partial charge on any atom is 1.00 e. The van der Waals surface area contributed by atoms with Crippen LogP contribution in [0.4, 0.5) is 0 Å². The summed E-state index contributed by atoms with van der Waals surface area (Å²) in [6, 6.07) is 0. The molecular formula is C80H120Na8O48S8. The molecule has 0 aromatic carbocycles. The summed E-state index contributed by atoms with van der Waals surface area (Å²) in [7, 11) is 0. The Bertz CT molecular complexity index is 3000. The molecule has 16 N–H and O–H groups in total. The van der Waals surface area contributed by atoms with E-state index in [0.717, 1.165) is 94.1 Å². The number of carboxylic acid groups (broad SMARTS) is 8. The Kier molecular flexibility index (Phi) is 78.1. The molecule has 40 atom stereocenters. The fourth-order valence-electron chi connectivity index (χ4n) is 15.9. The number of carbonyl (C=O) groups excluding carboxylic acids is 8. The summed E-state index contributed by atoms with van der Waals surface area (Å²) >= 11 is 7.94. The van der Waals surface area contributed by atoms with Crippen molar-refractivity contribution in [3.8, 4) is 0 Å². The molecule has 0 unspecified atom stereocenters. The maximum atomic E-state index is 12.4. The van der Waals surface area contributed by atoms with Gasteiger partial charge in [-0.2, -0.15) is 94.1 Å². The molecule has 64 heteroatoms. The zero-order valence-corrected chi connectivity index (χ0v) is 104. The van der Waals surface area contributed by atoms with Crippen LogP contribution in [0.3, 0.4) is 0 Å². The molecule has 0 amide bonds. The molecule has 30 rings (SSSR count). The van der Waals surface area contributed by atoms with Crippen LogP contribution in [-0.2, 0) is 114 Å². The number of aliphatic carboxylic acids is 8. The summed E-state index contributed by atoms with van der Waals surface area (Å²) in [6.07, 6.45) is -84.9. The largest absolute Gasteiger partial charge is 1.00 e. The Morgan fingerprint density at radius 1 is 0.160 bits per heavy atom. The number of rotatable bonds is 48. The fraction of sp³-hybridized carbons (Fsp3) is 0.900. The van der Waals surface area contributed by atoms with Crippen LogP contribution >= 0.6 is 94.1 Å². The second-order valence-electron chi connectivity index (χ2n) is 33.4. The van der Waals surface area contributed by atoms with Crippen LogP contribution in [-0.4, -0.2) is 467 Å². The normalized spacial score (nSPS) is 37.6. The number of aliphatic hydroxyl groups excluding tert-OH is 16. The monoisotopic (exact) mass is 2290 g/mol. The standard InChI is InChI=1S/C80H128O48S8.8Na/c81-41(82)9-1-17-129-25-33-65-49(97)57(105)73(113-33)122-66-34(26-130-18-2-10-42(83)84)115-75(59(107)51(66)99)124-68-36(28-132-20-4-12-44(87)88)117-77(61(109)53(68)101)126-70-38(30-134-22-6-14-46(91)92)119-79(63(111)55(70)103)128-72-40(32-136-24-8-16-48(95)96)120-80(64(112)56(72)104)127-71-39(31-135-23-7-15-47(93)94)118-78(62(110)54(71)102)125-69-37(29-133-21-5-13-45(89)90)116-76(60(108)52(69)100)123-67-35(27-131-19-3-11-43(85)86)114-74(121-65)58(106)50(67)98;;;;;;;;/h33-40,49-80,97-112H,1-32H2,(H,81,82)(H,83,84)(H,85,86)(H,87,88)(H,89,90)(H,91,92)(H,93,94)(H,95,96);;;;;;;;/q;8*+1/p-8/t33-,34-,35-,36-,37-,38-,39-,40-,49-,50-,51-,52-,53-,54-,55-,56-,57-,58-,59-,60-,61-,62-,63-,64-,65-,66-,67-,68-,69-,70-,71-,72-,73-,74-,75-,76-,77-,78-,79-,80-;;;;;;;;/m1......../s1. The molecule has 30 saturated heterocycles. The Hall–Kier alpha value is 5.28. The van der Waals surface area contributed by atoms with Gasteiger partial charge in [0.15, 0.2) is 50.3 Å². The van der Waals surface area contributed by atoms with Gasteiger partial charge in [-0.3, -0.25) is 0 Å². The number of hydrogen-bond donors (Lipinski definition) is 16. The van der Waals surface area contributed by atoms with Crippen LogP contribution in [0.15, 0.2) is 0 Å². The van der Waals surface area contributed by atoms with E-state index in [1.165, 1.54) is 0 Å². The van der Waals surface area contributed by atoms with Crippen molar-refractivity contribution in [1.29, 1.82) is 0 Å². The number of ether oxygens (including phenoxy) is 16. The molecule has 30 aliphatic rings. The smallest absolute Gasteiger partial charge is 0.550 e. The minimum absolute atomic E-state index is 0. The van der Waals surface area contributed by atoms with Gasteiger partial charge < -0.3 is 237 Å². The van der Waals surface area contributed by atoms with E-state index in [-0.39, 0.29) is 380 Å². The predicted molar refractivity (Wildman–Crippen MR) is 457 cm³/mol. The molecule has 0 spiro atoms. The molecule has 784 valence electrons. The molecule has 0 aromatic rings. The first-order valence-corrected chi connectivity index (χ1v) is 53.6. The average Bonchev–Trinajstić information content (AvgIpc) is 0.767. The summed E-state index contributed by atoms with van der Waals surface area (Å²) in [5.74, 6) is -13.6. The topological polar surface area (TPSA) is 792 Å². The van der Waals surface area contributed by atoms with Crippen molar-refractivity contribution >= 4 is 142 Å². The van der Waals surface area contributed by atoms with Crippen molar-refractivity contribution in [2.75, 3.05) is 92.0 Å². The van der Waals surface area contributed by atoms with Crippen LogP contribution in [0.2, 0.25) is 0 Å². The van der Waals surface area contributed by atoms with Crippen molar-refractivity contribution in [3.63, 3.8) is 0 Å². The van der Waals surface area contributed by atoms with Gasteiger partial charge in [0.2, 0.25) is 0 Å². The summed E-state index contributed by atoms with van der Waals surface area (Å²) in [6.45, 7) is 0. The van der Waals surface area contributed by atoms with Crippen LogP contribution in [0, 0.1) is 0 Å². The van der Waals surface area contributed by atoms with E-state index in [4.69, 9.17) is 75.8 Å². The molecule has 0 saturated carbocycles. The zero-order chi connectivity index (χ0) is 99.3.